The van der Waals surface area contributed by atoms with Crippen LogP contribution in [0.25, 0.3) is 11.1 Å². The SMILES string of the molecule is CC(=O)N(C1CC1)C(C(=O)Nc1ccccc1-c1ccccc1)C(C)C. The predicted molar refractivity (Wildman–Crippen MR) is 105 cm³/mol. The lowest BCUT2D eigenvalue weighted by Gasteiger charge is -2.33. The normalized spacial score (nSPS) is 14.8. The van der Waals surface area contributed by atoms with E-state index >= 15 is 0 Å². The van der Waals surface area contributed by atoms with Crippen molar-refractivity contribution in [1.29, 1.82) is 0 Å². The maximum Gasteiger partial charge on any atom is 0.247 e. The molecule has 0 saturated heterocycles. The number of anilines is 1. The molecule has 1 aliphatic rings. The second kappa shape index (κ2) is 7.73. The van der Waals surface area contributed by atoms with Gasteiger partial charge in [0.25, 0.3) is 0 Å². The van der Waals surface area contributed by atoms with E-state index < -0.39 is 6.04 Å². The molecule has 26 heavy (non-hydrogen) atoms. The highest BCUT2D eigenvalue weighted by Gasteiger charge is 2.40. The summed E-state index contributed by atoms with van der Waals surface area (Å²) in [5.74, 6) is -0.105. The van der Waals surface area contributed by atoms with Gasteiger partial charge in [0.05, 0.1) is 0 Å². The lowest BCUT2D eigenvalue weighted by atomic mass is 9.99. The first-order chi connectivity index (χ1) is 12.5. The Morgan fingerprint density at radius 1 is 1.00 bits per heavy atom. The molecule has 1 fully saturated rings. The fourth-order valence-corrected chi connectivity index (χ4v) is 3.45. The fraction of sp³-hybridized carbons (Fsp3) is 0.364. The van der Waals surface area contributed by atoms with Gasteiger partial charge in [-0.3, -0.25) is 9.59 Å². The lowest BCUT2D eigenvalue weighted by molar-refractivity contribution is -0.139. The Bertz CT molecular complexity index is 782. The molecule has 1 N–H and O–H groups in total. The number of hydrogen-bond donors (Lipinski definition) is 1. The van der Waals surface area contributed by atoms with Crippen molar-refractivity contribution >= 4 is 17.5 Å². The van der Waals surface area contributed by atoms with Gasteiger partial charge in [0, 0.05) is 24.2 Å². The average molecular weight is 350 g/mol. The molecular formula is C22H26N2O2. The number of nitrogens with one attached hydrogen (secondary N) is 1. The number of rotatable bonds is 6. The van der Waals surface area contributed by atoms with Crippen LogP contribution in [-0.2, 0) is 9.59 Å². The van der Waals surface area contributed by atoms with E-state index in [1.54, 1.807) is 11.8 Å². The second-order valence-corrected chi connectivity index (χ2v) is 7.25. The van der Waals surface area contributed by atoms with Gasteiger partial charge in [0.15, 0.2) is 0 Å². The summed E-state index contributed by atoms with van der Waals surface area (Å²) < 4.78 is 0. The summed E-state index contributed by atoms with van der Waals surface area (Å²) in [6.45, 7) is 5.54. The zero-order chi connectivity index (χ0) is 18.7. The molecule has 2 aromatic carbocycles. The minimum Gasteiger partial charge on any atom is -0.328 e. The van der Waals surface area contributed by atoms with Gasteiger partial charge in [-0.05, 0) is 30.4 Å². The number of hydrogen-bond acceptors (Lipinski definition) is 2. The fourth-order valence-electron chi connectivity index (χ4n) is 3.45. The van der Waals surface area contributed by atoms with E-state index in [-0.39, 0.29) is 23.8 Å². The molecule has 0 heterocycles. The van der Waals surface area contributed by atoms with Crippen LogP contribution in [0.3, 0.4) is 0 Å². The molecule has 1 atom stereocenters. The van der Waals surface area contributed by atoms with Gasteiger partial charge >= 0.3 is 0 Å². The van der Waals surface area contributed by atoms with Gasteiger partial charge < -0.3 is 10.2 Å². The molecule has 3 rings (SSSR count). The van der Waals surface area contributed by atoms with Crippen molar-refractivity contribution in [3.8, 4) is 11.1 Å². The van der Waals surface area contributed by atoms with Gasteiger partial charge in [-0.25, -0.2) is 0 Å². The Morgan fingerprint density at radius 3 is 2.19 bits per heavy atom. The standard InChI is InChI=1S/C22H26N2O2/c1-15(2)21(24(16(3)25)18-13-14-18)22(26)23-20-12-8-7-11-19(20)17-9-5-4-6-10-17/h4-12,15,18,21H,13-14H2,1-3H3,(H,23,26). The molecule has 1 aliphatic carbocycles. The molecule has 2 amide bonds. The maximum atomic E-state index is 13.1. The molecule has 136 valence electrons. The smallest absolute Gasteiger partial charge is 0.247 e. The molecule has 1 saturated carbocycles. The Morgan fingerprint density at radius 2 is 1.62 bits per heavy atom. The number of amides is 2. The van der Waals surface area contributed by atoms with Crippen LogP contribution in [0.15, 0.2) is 54.6 Å². The van der Waals surface area contributed by atoms with E-state index in [9.17, 15) is 9.59 Å². The summed E-state index contributed by atoms with van der Waals surface area (Å²) >= 11 is 0. The van der Waals surface area contributed by atoms with Crippen molar-refractivity contribution in [2.75, 3.05) is 5.32 Å². The van der Waals surface area contributed by atoms with Crippen LogP contribution in [0.1, 0.15) is 33.6 Å². The van der Waals surface area contributed by atoms with Crippen molar-refractivity contribution in [2.24, 2.45) is 5.92 Å². The highest BCUT2D eigenvalue weighted by molar-refractivity contribution is 6.00. The summed E-state index contributed by atoms with van der Waals surface area (Å²) in [7, 11) is 0. The molecular weight excluding hydrogens is 324 g/mol. The van der Waals surface area contributed by atoms with Gasteiger partial charge in [-0.1, -0.05) is 62.4 Å². The van der Waals surface area contributed by atoms with Gasteiger partial charge in [-0.15, -0.1) is 0 Å². The molecule has 4 heteroatoms. The van der Waals surface area contributed by atoms with Crippen LogP contribution < -0.4 is 5.32 Å². The van der Waals surface area contributed by atoms with Crippen LogP contribution in [0.5, 0.6) is 0 Å². The molecule has 0 aliphatic heterocycles. The summed E-state index contributed by atoms with van der Waals surface area (Å²) in [6.07, 6.45) is 1.97. The monoisotopic (exact) mass is 350 g/mol. The van der Waals surface area contributed by atoms with Gasteiger partial charge in [-0.2, -0.15) is 0 Å². The first-order valence-electron chi connectivity index (χ1n) is 9.23. The molecule has 0 aromatic heterocycles. The van der Waals surface area contributed by atoms with Crippen LogP contribution in [0.4, 0.5) is 5.69 Å². The predicted octanol–water partition coefficient (Wildman–Crippen LogP) is 4.33. The molecule has 0 spiro atoms. The maximum absolute atomic E-state index is 13.1. The summed E-state index contributed by atoms with van der Waals surface area (Å²) in [5, 5.41) is 3.08. The lowest BCUT2D eigenvalue weighted by Crippen LogP contribution is -2.50. The van der Waals surface area contributed by atoms with Crippen LogP contribution in [0.2, 0.25) is 0 Å². The van der Waals surface area contributed by atoms with E-state index in [2.05, 4.69) is 5.32 Å². The summed E-state index contributed by atoms with van der Waals surface area (Å²) in [5.41, 5.74) is 2.80. The molecule has 2 aromatic rings. The third kappa shape index (κ3) is 3.96. The highest BCUT2D eigenvalue weighted by Crippen LogP contribution is 2.32. The Kier molecular flexibility index (Phi) is 5.40. The number of nitrogens with zero attached hydrogens (tertiary/aromatic N) is 1. The summed E-state index contributed by atoms with van der Waals surface area (Å²) in [4.78, 5) is 27.0. The van der Waals surface area contributed by atoms with Crippen molar-refractivity contribution in [1.82, 2.24) is 4.90 Å². The molecule has 0 bridgehead atoms. The van der Waals surface area contributed by atoms with Gasteiger partial charge in [0.2, 0.25) is 11.8 Å². The first-order valence-corrected chi connectivity index (χ1v) is 9.23. The summed E-state index contributed by atoms with van der Waals surface area (Å²) in [6, 6.07) is 17.5. The third-order valence-electron chi connectivity index (χ3n) is 4.77. The Hall–Kier alpha value is -2.62. The van der Waals surface area contributed by atoms with Crippen molar-refractivity contribution < 1.29 is 9.59 Å². The van der Waals surface area contributed by atoms with E-state index in [4.69, 9.17) is 0 Å². The number of carbonyl (C=O) groups excluding carboxylic acids is 2. The van der Waals surface area contributed by atoms with Gasteiger partial charge in [0.1, 0.15) is 6.04 Å². The molecule has 1 unspecified atom stereocenters. The third-order valence-corrected chi connectivity index (χ3v) is 4.77. The minimum absolute atomic E-state index is 0.0299. The number of carbonyl (C=O) groups is 2. The van der Waals surface area contributed by atoms with E-state index in [0.717, 1.165) is 29.7 Å². The first kappa shape index (κ1) is 18.2. The minimum atomic E-state index is -0.455. The second-order valence-electron chi connectivity index (χ2n) is 7.25. The topological polar surface area (TPSA) is 49.4 Å². The van der Waals surface area contributed by atoms with Crippen molar-refractivity contribution in [3.63, 3.8) is 0 Å². The van der Waals surface area contributed by atoms with E-state index in [1.807, 2.05) is 68.4 Å². The van der Waals surface area contributed by atoms with E-state index in [0.29, 0.717) is 0 Å². The average Bonchev–Trinajstić information content (AvgIpc) is 3.44. The van der Waals surface area contributed by atoms with Crippen LogP contribution in [0, 0.1) is 5.92 Å². The Balaban J connectivity index is 1.88. The van der Waals surface area contributed by atoms with Crippen LogP contribution in [-0.4, -0.2) is 28.8 Å². The van der Waals surface area contributed by atoms with E-state index in [1.165, 1.54) is 0 Å². The largest absolute Gasteiger partial charge is 0.328 e. The highest BCUT2D eigenvalue weighted by atomic mass is 16.2. The number of benzene rings is 2. The number of para-hydroxylation sites is 1. The molecule has 4 nitrogen and oxygen atoms in total. The quantitative estimate of drug-likeness (QED) is 0.843. The van der Waals surface area contributed by atoms with Crippen molar-refractivity contribution in [2.45, 2.75) is 45.7 Å². The zero-order valence-electron chi connectivity index (χ0n) is 15.6. The van der Waals surface area contributed by atoms with Crippen LogP contribution >= 0.6 is 0 Å². The molecule has 0 radical (unpaired) electrons. The Labute approximate surface area is 155 Å². The van der Waals surface area contributed by atoms with Crippen molar-refractivity contribution in [3.05, 3.63) is 54.6 Å². The zero-order valence-corrected chi connectivity index (χ0v) is 15.6.